The Morgan fingerprint density at radius 1 is 1.14 bits per heavy atom. The zero-order valence-corrected chi connectivity index (χ0v) is 16.7. The van der Waals surface area contributed by atoms with Crippen LogP contribution < -0.4 is 10.9 Å². The first-order valence-corrected chi connectivity index (χ1v) is 9.54. The summed E-state index contributed by atoms with van der Waals surface area (Å²) in [7, 11) is 1.52. The molecule has 2 N–H and O–H groups in total. The molecule has 9 heteroatoms. The summed E-state index contributed by atoms with van der Waals surface area (Å²) < 4.78 is 41.1. The predicted molar refractivity (Wildman–Crippen MR) is 105 cm³/mol. The minimum Gasteiger partial charge on any atom is -0.333 e. The van der Waals surface area contributed by atoms with Crippen LogP contribution in [0.1, 0.15) is 27.7 Å². The van der Waals surface area contributed by atoms with E-state index in [0.717, 1.165) is 18.2 Å². The molecule has 2 heterocycles. The smallest absolute Gasteiger partial charge is 0.256 e. The van der Waals surface area contributed by atoms with E-state index in [1.54, 1.807) is 0 Å². The topological polar surface area (TPSA) is 65.2 Å². The maximum absolute atomic E-state index is 13.9. The Kier molecular flexibility index (Phi) is 4.95. The Morgan fingerprint density at radius 2 is 1.83 bits per heavy atom. The number of aromatic amines is 1. The standard InChI is InChI=1S/C20H15BrF3N3O2/c1-27(20(29)9-4-13(23)18(21)14(24)5-9)16-8-25-7-15-17(16)11-3-2-10(22)6-12(11)19(28)26-15/h2-6,16,25H,7-8H2,1H3,(H,26,28)/t16-/m0/s1. The predicted octanol–water partition coefficient (Wildman–Crippen LogP) is 3.62. The largest absolute Gasteiger partial charge is 0.333 e. The number of fused-ring (bicyclic) bond motifs is 3. The molecule has 4 rings (SSSR count). The van der Waals surface area contributed by atoms with Crippen LogP contribution in [-0.4, -0.2) is 29.4 Å². The van der Waals surface area contributed by atoms with Gasteiger partial charge in [-0.2, -0.15) is 0 Å². The van der Waals surface area contributed by atoms with Gasteiger partial charge in [-0.15, -0.1) is 0 Å². The SMILES string of the molecule is CN(C(=O)c1cc(F)c(Br)c(F)c1)[C@H]1CNCc2[nH]c(=O)c3cc(F)ccc3c21. The number of hydrogen-bond acceptors (Lipinski definition) is 3. The van der Waals surface area contributed by atoms with Gasteiger partial charge in [-0.3, -0.25) is 9.59 Å². The number of carbonyl (C=O) groups is 1. The Balaban J connectivity index is 1.82. The van der Waals surface area contributed by atoms with Crippen LogP contribution in [0.25, 0.3) is 10.8 Å². The lowest BCUT2D eigenvalue weighted by molar-refractivity contribution is 0.0722. The highest BCUT2D eigenvalue weighted by Crippen LogP contribution is 2.32. The molecule has 0 bridgehead atoms. The van der Waals surface area contributed by atoms with Crippen LogP contribution in [0, 0.1) is 17.5 Å². The third-order valence-corrected chi connectivity index (χ3v) is 5.85. The molecule has 1 atom stereocenters. The third-order valence-electron chi connectivity index (χ3n) is 5.10. The molecule has 2 aromatic carbocycles. The van der Waals surface area contributed by atoms with Crippen molar-refractivity contribution in [1.82, 2.24) is 15.2 Å². The molecule has 0 aliphatic carbocycles. The van der Waals surface area contributed by atoms with E-state index in [0.29, 0.717) is 29.7 Å². The zero-order chi connectivity index (χ0) is 20.9. The molecule has 29 heavy (non-hydrogen) atoms. The van der Waals surface area contributed by atoms with Crippen LogP contribution in [0.2, 0.25) is 0 Å². The number of carbonyl (C=O) groups excluding carboxylic acids is 1. The molecule has 1 aliphatic heterocycles. The molecular formula is C20H15BrF3N3O2. The lowest BCUT2D eigenvalue weighted by Gasteiger charge is -2.34. The Bertz CT molecular complexity index is 1190. The molecule has 3 aromatic rings. The van der Waals surface area contributed by atoms with Crippen molar-refractivity contribution in [3.8, 4) is 0 Å². The number of benzene rings is 2. The van der Waals surface area contributed by atoms with Gasteiger partial charge in [0.15, 0.2) is 0 Å². The van der Waals surface area contributed by atoms with E-state index in [2.05, 4.69) is 26.2 Å². The van der Waals surface area contributed by atoms with Crippen LogP contribution >= 0.6 is 15.9 Å². The van der Waals surface area contributed by atoms with Gasteiger partial charge in [-0.25, -0.2) is 13.2 Å². The second-order valence-corrected chi connectivity index (χ2v) is 7.65. The fourth-order valence-corrected chi connectivity index (χ4v) is 3.91. The summed E-state index contributed by atoms with van der Waals surface area (Å²) in [5, 5.41) is 3.83. The number of hydrogen-bond donors (Lipinski definition) is 2. The summed E-state index contributed by atoms with van der Waals surface area (Å²) in [4.78, 5) is 29.4. The first-order chi connectivity index (χ1) is 13.8. The van der Waals surface area contributed by atoms with E-state index in [4.69, 9.17) is 0 Å². The average Bonchev–Trinajstić information content (AvgIpc) is 2.70. The second kappa shape index (κ2) is 7.31. The van der Waals surface area contributed by atoms with Crippen molar-refractivity contribution in [3.63, 3.8) is 0 Å². The van der Waals surface area contributed by atoms with Crippen molar-refractivity contribution in [1.29, 1.82) is 0 Å². The number of nitrogens with zero attached hydrogens (tertiary/aromatic N) is 1. The molecule has 0 spiro atoms. The van der Waals surface area contributed by atoms with Crippen molar-refractivity contribution in [2.45, 2.75) is 12.6 Å². The number of amides is 1. The van der Waals surface area contributed by atoms with Gasteiger partial charge in [0.1, 0.15) is 17.5 Å². The molecule has 1 aromatic heterocycles. The highest BCUT2D eigenvalue weighted by Gasteiger charge is 2.30. The average molecular weight is 466 g/mol. The minimum absolute atomic E-state index is 0.141. The molecule has 1 aliphatic rings. The summed E-state index contributed by atoms with van der Waals surface area (Å²) in [5.41, 5.74) is 0.690. The summed E-state index contributed by atoms with van der Waals surface area (Å²) in [6, 6.07) is 5.30. The molecule has 0 radical (unpaired) electrons. The summed E-state index contributed by atoms with van der Waals surface area (Å²) in [6.45, 7) is 0.729. The maximum Gasteiger partial charge on any atom is 0.256 e. The van der Waals surface area contributed by atoms with E-state index in [9.17, 15) is 22.8 Å². The summed E-state index contributed by atoms with van der Waals surface area (Å²) in [5.74, 6) is -2.89. The number of halogens is 4. The van der Waals surface area contributed by atoms with Crippen LogP contribution in [0.4, 0.5) is 13.2 Å². The lowest BCUT2D eigenvalue weighted by atomic mass is 9.93. The highest BCUT2D eigenvalue weighted by atomic mass is 79.9. The first-order valence-electron chi connectivity index (χ1n) is 8.74. The molecular weight excluding hydrogens is 451 g/mol. The monoisotopic (exact) mass is 465 g/mol. The van der Waals surface area contributed by atoms with Gasteiger partial charge in [0, 0.05) is 37.0 Å². The zero-order valence-electron chi connectivity index (χ0n) is 15.2. The summed E-state index contributed by atoms with van der Waals surface area (Å²) in [6.07, 6.45) is 0. The number of nitrogens with one attached hydrogen (secondary N) is 2. The van der Waals surface area contributed by atoms with E-state index < -0.39 is 35.0 Å². The van der Waals surface area contributed by atoms with Gasteiger partial charge in [0.2, 0.25) is 0 Å². The van der Waals surface area contributed by atoms with Gasteiger partial charge in [0.05, 0.1) is 15.9 Å². The van der Waals surface area contributed by atoms with E-state index in [-0.39, 0.29) is 15.4 Å². The molecule has 0 fully saturated rings. The maximum atomic E-state index is 13.9. The molecule has 0 unspecified atom stereocenters. The van der Waals surface area contributed by atoms with E-state index in [1.165, 1.54) is 24.1 Å². The molecule has 5 nitrogen and oxygen atoms in total. The van der Waals surface area contributed by atoms with Crippen LogP contribution in [0.15, 0.2) is 39.6 Å². The van der Waals surface area contributed by atoms with Gasteiger partial charge >= 0.3 is 0 Å². The summed E-state index contributed by atoms with van der Waals surface area (Å²) >= 11 is 2.79. The van der Waals surface area contributed by atoms with E-state index >= 15 is 0 Å². The molecule has 0 saturated heterocycles. The number of likely N-dealkylation sites (N-methyl/N-ethyl adjacent to an activating group) is 1. The Labute approximate surface area is 171 Å². The second-order valence-electron chi connectivity index (χ2n) is 6.85. The molecule has 0 saturated carbocycles. The van der Waals surface area contributed by atoms with E-state index in [1.807, 2.05) is 0 Å². The molecule has 1 amide bonds. The minimum atomic E-state index is -0.880. The Hall–Kier alpha value is -2.65. The van der Waals surface area contributed by atoms with Gasteiger partial charge in [0.25, 0.3) is 11.5 Å². The number of aromatic nitrogens is 1. The normalized spacial score (nSPS) is 16.0. The fourth-order valence-electron chi connectivity index (χ4n) is 3.68. The van der Waals surface area contributed by atoms with Gasteiger partial charge in [-0.1, -0.05) is 6.07 Å². The van der Waals surface area contributed by atoms with Crippen molar-refractivity contribution in [2.75, 3.05) is 13.6 Å². The van der Waals surface area contributed by atoms with Gasteiger partial charge in [-0.05, 0) is 45.6 Å². The van der Waals surface area contributed by atoms with Crippen molar-refractivity contribution < 1.29 is 18.0 Å². The fraction of sp³-hybridized carbons (Fsp3) is 0.200. The third kappa shape index (κ3) is 3.34. The highest BCUT2D eigenvalue weighted by molar-refractivity contribution is 9.10. The van der Waals surface area contributed by atoms with Crippen LogP contribution in [-0.2, 0) is 6.54 Å². The number of pyridine rings is 1. The van der Waals surface area contributed by atoms with Crippen LogP contribution in [0.5, 0.6) is 0 Å². The van der Waals surface area contributed by atoms with Crippen LogP contribution in [0.3, 0.4) is 0 Å². The van der Waals surface area contributed by atoms with Crippen molar-refractivity contribution in [3.05, 3.63) is 79.4 Å². The molecule has 150 valence electrons. The van der Waals surface area contributed by atoms with Crippen molar-refractivity contribution in [2.24, 2.45) is 0 Å². The number of H-pyrrole nitrogens is 1. The van der Waals surface area contributed by atoms with Gasteiger partial charge < -0.3 is 15.2 Å². The first kappa shape index (κ1) is 19.7. The quantitative estimate of drug-likeness (QED) is 0.568. The Morgan fingerprint density at radius 3 is 2.52 bits per heavy atom. The number of rotatable bonds is 2. The lowest BCUT2D eigenvalue weighted by Crippen LogP contribution is -2.42. The van der Waals surface area contributed by atoms with Crippen molar-refractivity contribution >= 4 is 32.6 Å².